The van der Waals surface area contributed by atoms with Crippen LogP contribution in [0.25, 0.3) is 0 Å². The Kier molecular flexibility index (Phi) is 5.15. The largest absolute Gasteiger partial charge is 0.462 e. The third-order valence-corrected chi connectivity index (χ3v) is 3.25. The van der Waals surface area contributed by atoms with E-state index >= 15 is 0 Å². The summed E-state index contributed by atoms with van der Waals surface area (Å²) < 4.78 is 5.02. The number of aromatic nitrogens is 1. The summed E-state index contributed by atoms with van der Waals surface area (Å²) in [4.78, 5) is 16.0. The molecule has 0 unspecified atom stereocenters. The summed E-state index contributed by atoms with van der Waals surface area (Å²) in [6.45, 7) is 4.09. The summed E-state index contributed by atoms with van der Waals surface area (Å²) >= 11 is 0. The normalized spacial score (nSPS) is 18.3. The minimum atomic E-state index is -0.322. The highest BCUT2D eigenvalue weighted by Crippen LogP contribution is 2.14. The van der Waals surface area contributed by atoms with Gasteiger partial charge in [-0.1, -0.05) is 0 Å². The fourth-order valence-corrected chi connectivity index (χ4v) is 2.29. The average Bonchev–Trinajstić information content (AvgIpc) is 2.93. The smallest absolute Gasteiger partial charge is 0.341 e. The number of nitrogens with one attached hydrogen (secondary N) is 2. The number of rotatable bonds is 6. The highest BCUT2D eigenvalue weighted by molar-refractivity contribution is 5.94. The maximum Gasteiger partial charge on any atom is 0.341 e. The quantitative estimate of drug-likeness (QED) is 0.766. The summed E-state index contributed by atoms with van der Waals surface area (Å²) in [5, 5.41) is 6.68. The van der Waals surface area contributed by atoms with Gasteiger partial charge in [0.25, 0.3) is 0 Å². The monoisotopic (exact) mass is 263 g/mol. The fraction of sp³-hybridized carbons (Fsp3) is 0.571. The molecule has 1 saturated heterocycles. The molecule has 0 spiro atoms. The van der Waals surface area contributed by atoms with E-state index in [-0.39, 0.29) is 5.97 Å². The van der Waals surface area contributed by atoms with Crippen LogP contribution >= 0.6 is 0 Å². The standard InChI is InChI=1S/C14H21N3O2/c1-2-19-14(18)12-6-4-9-16-13(12)17-10-7-11-5-3-8-15-11/h4,6,9,11,15H,2-3,5,7-8,10H2,1H3,(H,16,17)/t11-/m0/s1. The molecule has 0 radical (unpaired) electrons. The lowest BCUT2D eigenvalue weighted by Gasteiger charge is -2.13. The number of esters is 1. The van der Waals surface area contributed by atoms with Gasteiger partial charge in [0.15, 0.2) is 0 Å². The summed E-state index contributed by atoms with van der Waals surface area (Å²) in [6, 6.07) is 4.07. The fourth-order valence-electron chi connectivity index (χ4n) is 2.29. The maximum atomic E-state index is 11.8. The zero-order valence-electron chi connectivity index (χ0n) is 11.3. The van der Waals surface area contributed by atoms with Crippen LogP contribution in [0.4, 0.5) is 5.82 Å². The Hall–Kier alpha value is -1.62. The van der Waals surface area contributed by atoms with E-state index in [0.29, 0.717) is 24.0 Å². The first-order valence-electron chi connectivity index (χ1n) is 6.90. The topological polar surface area (TPSA) is 63.2 Å². The van der Waals surface area contributed by atoms with E-state index in [2.05, 4.69) is 15.6 Å². The van der Waals surface area contributed by atoms with Crippen LogP contribution in [-0.4, -0.2) is 36.7 Å². The van der Waals surface area contributed by atoms with Crippen molar-refractivity contribution in [3.8, 4) is 0 Å². The van der Waals surface area contributed by atoms with Crippen molar-refractivity contribution in [3.05, 3.63) is 23.9 Å². The molecular formula is C14H21N3O2. The number of hydrogen-bond donors (Lipinski definition) is 2. The predicted molar refractivity (Wildman–Crippen MR) is 74.3 cm³/mol. The van der Waals surface area contributed by atoms with Gasteiger partial charge < -0.3 is 15.4 Å². The van der Waals surface area contributed by atoms with E-state index in [1.54, 1.807) is 25.3 Å². The molecular weight excluding hydrogens is 242 g/mol. The first-order chi connectivity index (χ1) is 9.31. The van der Waals surface area contributed by atoms with E-state index in [1.807, 2.05) is 0 Å². The van der Waals surface area contributed by atoms with Gasteiger partial charge in [-0.3, -0.25) is 0 Å². The summed E-state index contributed by atoms with van der Waals surface area (Å²) in [7, 11) is 0. The van der Waals surface area contributed by atoms with Gasteiger partial charge in [0, 0.05) is 18.8 Å². The number of nitrogens with zero attached hydrogens (tertiary/aromatic N) is 1. The van der Waals surface area contributed by atoms with Crippen molar-refractivity contribution < 1.29 is 9.53 Å². The highest BCUT2D eigenvalue weighted by atomic mass is 16.5. The molecule has 1 aromatic heterocycles. The molecule has 0 bridgehead atoms. The second-order valence-corrected chi connectivity index (χ2v) is 4.63. The third-order valence-electron chi connectivity index (χ3n) is 3.25. The molecule has 19 heavy (non-hydrogen) atoms. The molecule has 0 saturated carbocycles. The van der Waals surface area contributed by atoms with Gasteiger partial charge in [-0.25, -0.2) is 9.78 Å². The van der Waals surface area contributed by atoms with Crippen LogP contribution in [0.2, 0.25) is 0 Å². The van der Waals surface area contributed by atoms with Crippen LogP contribution in [0.5, 0.6) is 0 Å². The number of ether oxygens (including phenoxy) is 1. The average molecular weight is 263 g/mol. The van der Waals surface area contributed by atoms with Gasteiger partial charge in [0.2, 0.25) is 0 Å². The van der Waals surface area contributed by atoms with E-state index < -0.39 is 0 Å². The van der Waals surface area contributed by atoms with Crippen molar-refractivity contribution in [1.29, 1.82) is 0 Å². The Morgan fingerprint density at radius 1 is 1.63 bits per heavy atom. The molecule has 1 atom stereocenters. The number of carbonyl (C=O) groups excluding carboxylic acids is 1. The number of carbonyl (C=O) groups is 1. The number of pyridine rings is 1. The molecule has 2 heterocycles. The molecule has 0 amide bonds. The first-order valence-corrected chi connectivity index (χ1v) is 6.90. The molecule has 0 aliphatic carbocycles. The molecule has 1 aliphatic rings. The van der Waals surface area contributed by atoms with E-state index in [0.717, 1.165) is 19.5 Å². The molecule has 5 heteroatoms. The summed E-state index contributed by atoms with van der Waals surface area (Å²) in [5.74, 6) is 0.288. The SMILES string of the molecule is CCOC(=O)c1cccnc1NCC[C@@H]1CCCN1. The van der Waals surface area contributed by atoms with Crippen LogP contribution in [0, 0.1) is 0 Å². The Morgan fingerprint density at radius 3 is 3.26 bits per heavy atom. The van der Waals surface area contributed by atoms with Gasteiger partial charge in [0.1, 0.15) is 11.4 Å². The summed E-state index contributed by atoms with van der Waals surface area (Å²) in [5.41, 5.74) is 0.503. The van der Waals surface area contributed by atoms with E-state index in [4.69, 9.17) is 4.74 Å². The maximum absolute atomic E-state index is 11.8. The molecule has 5 nitrogen and oxygen atoms in total. The van der Waals surface area contributed by atoms with Gasteiger partial charge in [-0.2, -0.15) is 0 Å². The van der Waals surface area contributed by atoms with Crippen LogP contribution in [0.15, 0.2) is 18.3 Å². The Labute approximate surface area is 113 Å². The van der Waals surface area contributed by atoms with Crippen molar-refractivity contribution in [2.24, 2.45) is 0 Å². The van der Waals surface area contributed by atoms with Gasteiger partial charge >= 0.3 is 5.97 Å². The van der Waals surface area contributed by atoms with Gasteiger partial charge in [0.05, 0.1) is 6.61 Å². The Morgan fingerprint density at radius 2 is 2.53 bits per heavy atom. The third kappa shape index (κ3) is 3.92. The second kappa shape index (κ2) is 7.09. The molecule has 2 N–H and O–H groups in total. The van der Waals surface area contributed by atoms with Crippen LogP contribution in [0.1, 0.15) is 36.5 Å². The molecule has 0 aromatic carbocycles. The molecule has 2 rings (SSSR count). The lowest BCUT2D eigenvalue weighted by Crippen LogP contribution is -2.24. The zero-order chi connectivity index (χ0) is 13.5. The number of anilines is 1. The van der Waals surface area contributed by atoms with Crippen molar-refractivity contribution >= 4 is 11.8 Å². The Bertz CT molecular complexity index is 417. The predicted octanol–water partition coefficient (Wildman–Crippen LogP) is 1.81. The van der Waals surface area contributed by atoms with Crippen LogP contribution in [0.3, 0.4) is 0 Å². The van der Waals surface area contributed by atoms with Gasteiger partial charge in [-0.15, -0.1) is 0 Å². The number of hydrogen-bond acceptors (Lipinski definition) is 5. The van der Waals surface area contributed by atoms with E-state index in [1.165, 1.54) is 12.8 Å². The second-order valence-electron chi connectivity index (χ2n) is 4.63. The molecule has 1 aromatic rings. The zero-order valence-corrected chi connectivity index (χ0v) is 11.3. The summed E-state index contributed by atoms with van der Waals surface area (Å²) in [6.07, 6.45) is 5.20. The minimum Gasteiger partial charge on any atom is -0.462 e. The van der Waals surface area contributed by atoms with Gasteiger partial charge in [-0.05, 0) is 44.9 Å². The molecule has 1 fully saturated rings. The first kappa shape index (κ1) is 13.8. The Balaban J connectivity index is 1.89. The van der Waals surface area contributed by atoms with Crippen LogP contribution < -0.4 is 10.6 Å². The van der Waals surface area contributed by atoms with E-state index in [9.17, 15) is 4.79 Å². The highest BCUT2D eigenvalue weighted by Gasteiger charge is 2.15. The lowest BCUT2D eigenvalue weighted by molar-refractivity contribution is 0.0527. The molecule has 104 valence electrons. The van der Waals surface area contributed by atoms with Crippen molar-refractivity contribution in [3.63, 3.8) is 0 Å². The van der Waals surface area contributed by atoms with Crippen molar-refractivity contribution in [2.45, 2.75) is 32.2 Å². The molecule has 1 aliphatic heterocycles. The van der Waals surface area contributed by atoms with Crippen molar-refractivity contribution in [2.75, 3.05) is 25.0 Å². The minimum absolute atomic E-state index is 0.322. The lowest BCUT2D eigenvalue weighted by atomic mass is 10.1. The van der Waals surface area contributed by atoms with Crippen LogP contribution in [-0.2, 0) is 4.74 Å². The van der Waals surface area contributed by atoms with Crippen molar-refractivity contribution in [1.82, 2.24) is 10.3 Å².